The number of hydrogen-bond acceptors (Lipinski definition) is 7. The van der Waals surface area contributed by atoms with Crippen molar-refractivity contribution in [1.29, 1.82) is 0 Å². The molecule has 0 unspecified atom stereocenters. The molecule has 0 atom stereocenters. The number of benzene rings is 1. The highest BCUT2D eigenvalue weighted by atomic mass is 32.1. The van der Waals surface area contributed by atoms with Gasteiger partial charge in [0.1, 0.15) is 5.00 Å². The molecule has 0 bridgehead atoms. The van der Waals surface area contributed by atoms with Crippen LogP contribution in [0.2, 0.25) is 0 Å². The minimum absolute atomic E-state index is 0.127. The number of nitrogens with two attached hydrogens (primary N) is 1. The molecule has 0 aliphatic rings. The van der Waals surface area contributed by atoms with Gasteiger partial charge in [-0.25, -0.2) is 10.1 Å². The van der Waals surface area contributed by atoms with Gasteiger partial charge in [-0.05, 0) is 31.4 Å². The average Bonchev–Trinajstić information content (AvgIpc) is 2.94. The normalized spacial score (nSPS) is 11.7. The molecule has 0 radical (unpaired) electrons. The van der Waals surface area contributed by atoms with Crippen LogP contribution in [0.1, 0.15) is 28.7 Å². The third kappa shape index (κ3) is 3.01. The molecule has 0 saturated heterocycles. The molecule has 0 spiro atoms. The molecule has 9 heteroatoms. The number of carbonyl (C=O) groups is 1. The highest BCUT2D eigenvalue weighted by molar-refractivity contribution is 7.10. The molecule has 25 heavy (non-hydrogen) atoms. The van der Waals surface area contributed by atoms with Crippen LogP contribution in [0.15, 0.2) is 34.2 Å². The summed E-state index contributed by atoms with van der Waals surface area (Å²) in [5.41, 5.74) is 10.2. The minimum Gasteiger partial charge on any atom is -0.389 e. The lowest BCUT2D eigenvalue weighted by Gasteiger charge is -2.07. The van der Waals surface area contributed by atoms with E-state index >= 15 is 0 Å². The lowest BCUT2D eigenvalue weighted by atomic mass is 10.1. The molecule has 1 aromatic carbocycles. The van der Waals surface area contributed by atoms with Gasteiger partial charge in [-0.15, -0.1) is 0 Å². The second kappa shape index (κ2) is 6.44. The number of hydrogen-bond donors (Lipinski definition) is 2. The summed E-state index contributed by atoms with van der Waals surface area (Å²) in [5.74, 6) is -0.509. The van der Waals surface area contributed by atoms with Gasteiger partial charge >= 0.3 is 0 Å². The second-order valence-electron chi connectivity index (χ2n) is 5.47. The van der Waals surface area contributed by atoms with Crippen molar-refractivity contribution in [2.24, 2.45) is 12.1 Å². The Labute approximate surface area is 147 Å². The van der Waals surface area contributed by atoms with Crippen LogP contribution >= 0.6 is 11.5 Å². The van der Waals surface area contributed by atoms with Crippen LogP contribution in [0.5, 0.6) is 0 Å². The molecule has 3 N–H and O–H groups in total. The number of fused-ring (bicyclic) bond motifs is 1. The third-order valence-electron chi connectivity index (χ3n) is 3.75. The van der Waals surface area contributed by atoms with Crippen molar-refractivity contribution in [2.45, 2.75) is 13.8 Å². The molecule has 1 amide bonds. The molecule has 3 rings (SSSR count). The van der Waals surface area contributed by atoms with Crippen LogP contribution in [-0.4, -0.2) is 25.8 Å². The van der Waals surface area contributed by atoms with E-state index in [1.165, 1.54) is 18.6 Å². The number of amides is 1. The quantitative estimate of drug-likeness (QED) is 0.544. The molecule has 8 nitrogen and oxygen atoms in total. The van der Waals surface area contributed by atoms with Crippen molar-refractivity contribution >= 4 is 38.9 Å². The number of nitrogens with one attached hydrogen (secondary N) is 1. The van der Waals surface area contributed by atoms with Gasteiger partial charge in [0.25, 0.3) is 11.5 Å². The number of hydrazone groups is 1. The first-order valence-corrected chi connectivity index (χ1v) is 8.20. The fourth-order valence-electron chi connectivity index (χ4n) is 2.54. The van der Waals surface area contributed by atoms with Crippen LogP contribution in [-0.2, 0) is 7.05 Å². The smallest absolute Gasteiger partial charge is 0.292 e. The fourth-order valence-corrected chi connectivity index (χ4v) is 3.25. The van der Waals surface area contributed by atoms with Gasteiger partial charge in [-0.2, -0.15) is 14.6 Å². The van der Waals surface area contributed by atoms with Crippen molar-refractivity contribution in [3.63, 3.8) is 0 Å². The maximum Gasteiger partial charge on any atom is 0.292 e. The van der Waals surface area contributed by atoms with Gasteiger partial charge in [0.05, 0.1) is 22.4 Å². The summed E-state index contributed by atoms with van der Waals surface area (Å²) in [6, 6.07) is 6.82. The number of aryl methyl sites for hydroxylation is 2. The molecule has 2 heterocycles. The van der Waals surface area contributed by atoms with Crippen LogP contribution < -0.4 is 16.7 Å². The Bertz CT molecular complexity index is 1050. The van der Waals surface area contributed by atoms with Crippen LogP contribution in [0.25, 0.3) is 10.8 Å². The minimum atomic E-state index is -0.509. The number of rotatable bonds is 3. The molecule has 0 fully saturated rings. The molecule has 0 saturated carbocycles. The molecular weight excluding hydrogens is 340 g/mol. The Morgan fingerprint density at radius 3 is 2.64 bits per heavy atom. The summed E-state index contributed by atoms with van der Waals surface area (Å²) in [7, 11) is 1.50. The van der Waals surface area contributed by atoms with Gasteiger partial charge in [-0.1, -0.05) is 18.2 Å². The standard InChI is InChI=1S/C16H16N6O2S/c1-8(12-9(2)21-25-14(12)17)18-19-15(23)13-10-6-4-5-7-11(10)16(24)22(3)20-13/h4-7H,17H2,1-3H3,(H,19,23)/b18-8-. The molecule has 0 aliphatic carbocycles. The van der Waals surface area contributed by atoms with Crippen LogP contribution in [0.4, 0.5) is 5.00 Å². The Hall–Kier alpha value is -3.07. The van der Waals surface area contributed by atoms with Crippen molar-refractivity contribution in [3.8, 4) is 0 Å². The van der Waals surface area contributed by atoms with E-state index in [2.05, 4.69) is 20.0 Å². The molecule has 2 aromatic heterocycles. The van der Waals surface area contributed by atoms with Crippen molar-refractivity contribution in [3.05, 3.63) is 51.6 Å². The predicted octanol–water partition coefficient (Wildman–Crippen LogP) is 1.43. The van der Waals surface area contributed by atoms with Crippen molar-refractivity contribution in [2.75, 3.05) is 5.73 Å². The van der Waals surface area contributed by atoms with E-state index < -0.39 is 5.91 Å². The van der Waals surface area contributed by atoms with Crippen LogP contribution in [0, 0.1) is 6.92 Å². The first kappa shape index (κ1) is 16.8. The number of aromatic nitrogens is 3. The molecular formula is C16H16N6O2S. The Kier molecular flexibility index (Phi) is 4.32. The van der Waals surface area contributed by atoms with E-state index in [9.17, 15) is 9.59 Å². The summed E-state index contributed by atoms with van der Waals surface area (Å²) >= 11 is 1.18. The fraction of sp³-hybridized carbons (Fsp3) is 0.188. The summed E-state index contributed by atoms with van der Waals surface area (Å²) in [6.07, 6.45) is 0. The van der Waals surface area contributed by atoms with E-state index in [1.54, 1.807) is 31.2 Å². The monoisotopic (exact) mass is 356 g/mol. The zero-order valence-electron chi connectivity index (χ0n) is 13.9. The highest BCUT2D eigenvalue weighted by Gasteiger charge is 2.16. The Morgan fingerprint density at radius 1 is 1.32 bits per heavy atom. The maximum atomic E-state index is 12.5. The number of anilines is 1. The molecule has 0 aliphatic heterocycles. The SMILES string of the molecule is C/C(=N/NC(=O)c1nn(C)c(=O)c2ccccc12)c1c(C)nsc1N. The van der Waals surface area contributed by atoms with Crippen LogP contribution in [0.3, 0.4) is 0 Å². The average molecular weight is 356 g/mol. The maximum absolute atomic E-state index is 12.5. The van der Waals surface area contributed by atoms with Gasteiger partial charge in [0.15, 0.2) is 5.69 Å². The summed E-state index contributed by atoms with van der Waals surface area (Å²) in [4.78, 5) is 24.6. The third-order valence-corrected chi connectivity index (χ3v) is 4.51. The van der Waals surface area contributed by atoms with Gasteiger partial charge in [0, 0.05) is 12.4 Å². The largest absolute Gasteiger partial charge is 0.389 e. The number of carbonyl (C=O) groups excluding carboxylic acids is 1. The zero-order valence-corrected chi connectivity index (χ0v) is 14.7. The van der Waals surface area contributed by atoms with Gasteiger partial charge in [0.2, 0.25) is 0 Å². The topological polar surface area (TPSA) is 115 Å². The summed E-state index contributed by atoms with van der Waals surface area (Å²) < 4.78 is 5.30. The van der Waals surface area contributed by atoms with Gasteiger partial charge < -0.3 is 5.73 Å². The first-order chi connectivity index (χ1) is 11.9. The molecule has 128 valence electrons. The Balaban J connectivity index is 1.97. The van der Waals surface area contributed by atoms with E-state index in [0.717, 1.165) is 10.4 Å². The summed E-state index contributed by atoms with van der Waals surface area (Å²) in [5, 5.41) is 9.60. The van der Waals surface area contributed by atoms with Crippen molar-refractivity contribution < 1.29 is 4.79 Å². The van der Waals surface area contributed by atoms with Gasteiger partial charge in [-0.3, -0.25) is 9.59 Å². The van der Waals surface area contributed by atoms with E-state index in [0.29, 0.717) is 27.0 Å². The zero-order chi connectivity index (χ0) is 18.1. The second-order valence-corrected chi connectivity index (χ2v) is 6.27. The first-order valence-electron chi connectivity index (χ1n) is 7.43. The van der Waals surface area contributed by atoms with E-state index in [1.807, 2.05) is 6.92 Å². The lowest BCUT2D eigenvalue weighted by Crippen LogP contribution is -2.27. The van der Waals surface area contributed by atoms with Crippen molar-refractivity contribution in [1.82, 2.24) is 19.6 Å². The van der Waals surface area contributed by atoms with E-state index in [4.69, 9.17) is 5.73 Å². The summed E-state index contributed by atoms with van der Waals surface area (Å²) in [6.45, 7) is 3.56. The Morgan fingerprint density at radius 2 is 2.00 bits per heavy atom. The lowest BCUT2D eigenvalue weighted by molar-refractivity contribution is 0.0949. The van der Waals surface area contributed by atoms with E-state index in [-0.39, 0.29) is 11.3 Å². The molecule has 3 aromatic rings. The predicted molar refractivity (Wildman–Crippen MR) is 97.9 cm³/mol. The number of nitrogen functional groups attached to an aromatic ring is 1. The number of nitrogens with zero attached hydrogens (tertiary/aromatic N) is 4. The highest BCUT2D eigenvalue weighted by Crippen LogP contribution is 2.21.